The fraction of sp³-hybridized carbons (Fsp3) is 0.267. The van der Waals surface area contributed by atoms with Crippen LogP contribution in [0.25, 0.3) is 0 Å². The summed E-state index contributed by atoms with van der Waals surface area (Å²) in [5.41, 5.74) is 7.44. The second kappa shape index (κ2) is 6.29. The van der Waals surface area contributed by atoms with Gasteiger partial charge >= 0.3 is 0 Å². The molecule has 0 saturated carbocycles. The summed E-state index contributed by atoms with van der Waals surface area (Å²) in [6, 6.07) is 10.5. The van der Waals surface area contributed by atoms with Crippen molar-refractivity contribution in [1.82, 2.24) is 10.3 Å². The van der Waals surface area contributed by atoms with E-state index in [1.54, 1.807) is 18.3 Å². The lowest BCUT2D eigenvalue weighted by Gasteiger charge is -2.19. The molecule has 100 valence electrons. The molecule has 0 amide bonds. The molecule has 1 aromatic heterocycles. The van der Waals surface area contributed by atoms with Gasteiger partial charge in [0, 0.05) is 17.8 Å². The largest absolute Gasteiger partial charge is 0.383 e. The third kappa shape index (κ3) is 3.29. The zero-order chi connectivity index (χ0) is 13.7. The van der Waals surface area contributed by atoms with Crippen LogP contribution in [0.2, 0.25) is 0 Å². The van der Waals surface area contributed by atoms with Gasteiger partial charge in [0.2, 0.25) is 0 Å². The molecule has 1 unspecified atom stereocenters. The van der Waals surface area contributed by atoms with E-state index >= 15 is 0 Å². The second-order valence-electron chi connectivity index (χ2n) is 4.38. The highest BCUT2D eigenvalue weighted by Gasteiger charge is 2.16. The molecule has 4 heteroatoms. The maximum absolute atomic E-state index is 13.9. The lowest BCUT2D eigenvalue weighted by Crippen LogP contribution is -2.24. The summed E-state index contributed by atoms with van der Waals surface area (Å²) in [7, 11) is 0. The molecular weight excluding hydrogens is 241 g/mol. The first-order valence-corrected chi connectivity index (χ1v) is 6.39. The Bertz CT molecular complexity index is 542. The molecule has 0 aliphatic carbocycles. The molecule has 3 N–H and O–H groups in total. The molecule has 3 nitrogen and oxygen atoms in total. The first kappa shape index (κ1) is 13.5. The Hall–Kier alpha value is -1.94. The Morgan fingerprint density at radius 3 is 2.74 bits per heavy atom. The molecule has 2 aromatic rings. The van der Waals surface area contributed by atoms with Crippen molar-refractivity contribution in [2.24, 2.45) is 0 Å². The quantitative estimate of drug-likeness (QED) is 0.868. The van der Waals surface area contributed by atoms with Crippen LogP contribution < -0.4 is 11.1 Å². The molecule has 0 spiro atoms. The predicted molar refractivity (Wildman–Crippen MR) is 75.2 cm³/mol. The minimum Gasteiger partial charge on any atom is -0.383 e. The standard InChI is InChI=1S/C15H18FN3/c1-2-18-14(12-7-3-4-8-13(12)16)10-11-6-5-9-19-15(11)17/h3-9,14,18H,2,10H2,1H3,(H2,17,19). The first-order chi connectivity index (χ1) is 9.22. The molecule has 0 saturated heterocycles. The van der Waals surface area contributed by atoms with Crippen molar-refractivity contribution in [3.8, 4) is 0 Å². The molecule has 0 bridgehead atoms. The van der Waals surface area contributed by atoms with Crippen molar-refractivity contribution < 1.29 is 4.39 Å². The average Bonchev–Trinajstić information content (AvgIpc) is 2.41. The molecule has 0 aliphatic heterocycles. The lowest BCUT2D eigenvalue weighted by molar-refractivity contribution is 0.510. The van der Waals surface area contributed by atoms with Crippen molar-refractivity contribution in [3.63, 3.8) is 0 Å². The summed E-state index contributed by atoms with van der Waals surface area (Å²) in [5, 5.41) is 3.29. The maximum atomic E-state index is 13.9. The number of halogens is 1. The zero-order valence-electron chi connectivity index (χ0n) is 10.9. The van der Waals surface area contributed by atoms with Gasteiger partial charge in [0.05, 0.1) is 0 Å². The zero-order valence-corrected chi connectivity index (χ0v) is 10.9. The van der Waals surface area contributed by atoms with Crippen LogP contribution >= 0.6 is 0 Å². The summed E-state index contributed by atoms with van der Waals surface area (Å²) < 4.78 is 13.9. The summed E-state index contributed by atoms with van der Waals surface area (Å²) in [5.74, 6) is 0.303. The molecule has 1 heterocycles. The number of benzene rings is 1. The smallest absolute Gasteiger partial charge is 0.127 e. The van der Waals surface area contributed by atoms with Gasteiger partial charge in [-0.25, -0.2) is 9.37 Å². The summed E-state index contributed by atoms with van der Waals surface area (Å²) >= 11 is 0. The highest BCUT2D eigenvalue weighted by molar-refractivity contribution is 5.40. The molecule has 1 atom stereocenters. The normalized spacial score (nSPS) is 12.3. The maximum Gasteiger partial charge on any atom is 0.127 e. The van der Waals surface area contributed by atoms with Crippen LogP contribution in [0.3, 0.4) is 0 Å². The van der Waals surface area contributed by atoms with Gasteiger partial charge in [-0.15, -0.1) is 0 Å². The van der Waals surface area contributed by atoms with Crippen molar-refractivity contribution in [1.29, 1.82) is 0 Å². The third-order valence-corrected chi connectivity index (χ3v) is 3.08. The van der Waals surface area contributed by atoms with Gasteiger partial charge in [0.1, 0.15) is 11.6 Å². The number of aromatic nitrogens is 1. The van der Waals surface area contributed by atoms with E-state index in [2.05, 4.69) is 10.3 Å². The van der Waals surface area contributed by atoms with Crippen LogP contribution in [-0.4, -0.2) is 11.5 Å². The van der Waals surface area contributed by atoms with Crippen molar-refractivity contribution in [2.45, 2.75) is 19.4 Å². The van der Waals surface area contributed by atoms with Crippen LogP contribution in [0.5, 0.6) is 0 Å². The van der Waals surface area contributed by atoms with E-state index in [-0.39, 0.29) is 11.9 Å². The van der Waals surface area contributed by atoms with Gasteiger partial charge in [-0.3, -0.25) is 0 Å². The molecule has 19 heavy (non-hydrogen) atoms. The topological polar surface area (TPSA) is 50.9 Å². The molecule has 1 aromatic carbocycles. The highest BCUT2D eigenvalue weighted by atomic mass is 19.1. The minimum absolute atomic E-state index is 0.0994. The first-order valence-electron chi connectivity index (χ1n) is 6.39. The number of hydrogen-bond donors (Lipinski definition) is 2. The monoisotopic (exact) mass is 259 g/mol. The molecule has 0 aliphatic rings. The summed E-state index contributed by atoms with van der Waals surface area (Å²) in [6.07, 6.45) is 2.28. The van der Waals surface area contributed by atoms with E-state index in [1.807, 2.05) is 25.1 Å². The average molecular weight is 259 g/mol. The molecule has 2 rings (SSSR count). The Kier molecular flexibility index (Phi) is 4.47. The number of anilines is 1. The fourth-order valence-electron chi connectivity index (χ4n) is 2.14. The van der Waals surface area contributed by atoms with E-state index in [4.69, 9.17) is 5.73 Å². The van der Waals surface area contributed by atoms with Crippen LogP contribution in [0.1, 0.15) is 24.1 Å². The lowest BCUT2D eigenvalue weighted by atomic mass is 9.98. The number of nitrogens with zero attached hydrogens (tertiary/aromatic N) is 1. The predicted octanol–water partition coefficient (Wildman–Crippen LogP) is 2.70. The molecular formula is C15H18FN3. The van der Waals surface area contributed by atoms with Crippen LogP contribution in [0.15, 0.2) is 42.6 Å². The van der Waals surface area contributed by atoms with Crippen LogP contribution in [0.4, 0.5) is 10.2 Å². The van der Waals surface area contributed by atoms with Gasteiger partial charge in [0.25, 0.3) is 0 Å². The Labute approximate surface area is 112 Å². The van der Waals surface area contributed by atoms with Gasteiger partial charge in [-0.05, 0) is 30.7 Å². The number of nitrogens with two attached hydrogens (primary N) is 1. The van der Waals surface area contributed by atoms with Crippen molar-refractivity contribution >= 4 is 5.82 Å². The summed E-state index contributed by atoms with van der Waals surface area (Å²) in [6.45, 7) is 2.76. The van der Waals surface area contributed by atoms with Crippen molar-refractivity contribution in [3.05, 3.63) is 59.5 Å². The van der Waals surface area contributed by atoms with Gasteiger partial charge in [-0.1, -0.05) is 31.2 Å². The number of likely N-dealkylation sites (N-methyl/N-ethyl adjacent to an activating group) is 1. The SMILES string of the molecule is CCNC(Cc1cccnc1N)c1ccccc1F. The van der Waals surface area contributed by atoms with Gasteiger partial charge < -0.3 is 11.1 Å². The van der Waals surface area contributed by atoms with E-state index in [9.17, 15) is 4.39 Å². The highest BCUT2D eigenvalue weighted by Crippen LogP contribution is 2.22. The van der Waals surface area contributed by atoms with Gasteiger partial charge in [0.15, 0.2) is 0 Å². The third-order valence-electron chi connectivity index (χ3n) is 3.08. The molecule has 0 fully saturated rings. The Morgan fingerprint density at radius 1 is 1.26 bits per heavy atom. The number of rotatable bonds is 5. The molecule has 0 radical (unpaired) electrons. The van der Waals surface area contributed by atoms with Gasteiger partial charge in [-0.2, -0.15) is 0 Å². The van der Waals surface area contributed by atoms with Crippen LogP contribution in [-0.2, 0) is 6.42 Å². The van der Waals surface area contributed by atoms with Crippen molar-refractivity contribution in [2.75, 3.05) is 12.3 Å². The van der Waals surface area contributed by atoms with E-state index in [0.29, 0.717) is 17.8 Å². The Balaban J connectivity index is 2.27. The summed E-state index contributed by atoms with van der Waals surface area (Å²) in [4.78, 5) is 4.06. The minimum atomic E-state index is -0.198. The fourth-order valence-corrected chi connectivity index (χ4v) is 2.14. The van der Waals surface area contributed by atoms with E-state index in [0.717, 1.165) is 12.1 Å². The second-order valence-corrected chi connectivity index (χ2v) is 4.38. The Morgan fingerprint density at radius 2 is 2.05 bits per heavy atom. The number of nitrogen functional groups attached to an aromatic ring is 1. The number of nitrogens with one attached hydrogen (secondary N) is 1. The van der Waals surface area contributed by atoms with E-state index in [1.165, 1.54) is 6.07 Å². The van der Waals surface area contributed by atoms with Crippen LogP contribution in [0, 0.1) is 5.82 Å². The number of hydrogen-bond acceptors (Lipinski definition) is 3. The number of pyridine rings is 1. The van der Waals surface area contributed by atoms with E-state index < -0.39 is 0 Å².